The average Bonchev–Trinajstić information content (AvgIpc) is 1.25. The van der Waals surface area contributed by atoms with Crippen molar-refractivity contribution in [3.05, 3.63) is 281 Å². The third-order valence-corrected chi connectivity index (χ3v) is 18.8. The molecule has 2 unspecified atom stereocenters. The molecule has 8 aromatic carbocycles. The highest BCUT2D eigenvalue weighted by Crippen LogP contribution is 2.53. The topological polar surface area (TPSA) is 38.7 Å². The van der Waals surface area contributed by atoms with E-state index < -0.39 is 0 Å². The molecule has 1 saturated carbocycles. The van der Waals surface area contributed by atoms with E-state index in [1.807, 2.05) is 6.20 Å². The fourth-order valence-electron chi connectivity index (χ4n) is 13.6. The van der Waals surface area contributed by atoms with Crippen LogP contribution in [0.3, 0.4) is 0 Å². The minimum absolute atomic E-state index is 0.0345. The Morgan fingerprint density at radius 1 is 0.295 bits per heavy atom. The van der Waals surface area contributed by atoms with Gasteiger partial charge in [-0.2, -0.15) is 0 Å². The molecule has 0 radical (unpaired) electrons. The largest absolute Gasteiger partial charge is 0.256 e. The molecule has 88 heavy (non-hydrogen) atoms. The third-order valence-electron chi connectivity index (χ3n) is 18.8. The van der Waals surface area contributed by atoms with E-state index in [-0.39, 0.29) is 34.0 Å². The molecule has 0 aliphatic heterocycles. The van der Waals surface area contributed by atoms with Crippen LogP contribution >= 0.6 is 0 Å². The fourth-order valence-corrected chi connectivity index (χ4v) is 13.6. The molecule has 0 saturated heterocycles. The molecule has 3 heteroatoms. The van der Waals surface area contributed by atoms with Crippen LogP contribution in [-0.2, 0) is 29.1 Å². The van der Waals surface area contributed by atoms with Crippen LogP contribution in [-0.4, -0.2) is 15.0 Å². The van der Waals surface area contributed by atoms with Gasteiger partial charge in [-0.05, 0) is 179 Å². The maximum Gasteiger partial charge on any atom is 0.0705 e. The second kappa shape index (κ2) is 24.8. The smallest absolute Gasteiger partial charge is 0.0705 e. The molecule has 0 bridgehead atoms. The Labute approximate surface area is 525 Å². The van der Waals surface area contributed by atoms with Gasteiger partial charge in [0, 0.05) is 46.4 Å². The molecule has 1 aliphatic carbocycles. The first-order valence-electron chi connectivity index (χ1n) is 32.2. The molecule has 12 rings (SSSR count). The molecule has 0 amide bonds. The molecule has 1 fully saturated rings. The highest BCUT2D eigenvalue weighted by Gasteiger charge is 2.36. The second-order valence-electron chi connectivity index (χ2n) is 27.8. The van der Waals surface area contributed by atoms with E-state index in [1.165, 1.54) is 100 Å². The van der Waals surface area contributed by atoms with E-state index in [4.69, 9.17) is 15.0 Å². The van der Waals surface area contributed by atoms with Crippen LogP contribution in [0.5, 0.6) is 0 Å². The van der Waals surface area contributed by atoms with Crippen molar-refractivity contribution >= 4 is 0 Å². The molecule has 0 N–H and O–H groups in total. The van der Waals surface area contributed by atoms with Gasteiger partial charge in [-0.1, -0.05) is 270 Å². The predicted octanol–water partition coefficient (Wildman–Crippen LogP) is 23.1. The van der Waals surface area contributed by atoms with Gasteiger partial charge in [0.1, 0.15) is 0 Å². The summed E-state index contributed by atoms with van der Waals surface area (Å²) < 4.78 is 0. The molecular weight excluding hydrogens is 1060 g/mol. The Morgan fingerprint density at radius 2 is 0.625 bits per heavy atom. The van der Waals surface area contributed by atoms with Crippen molar-refractivity contribution < 1.29 is 0 Å². The second-order valence-corrected chi connectivity index (χ2v) is 27.8. The first-order chi connectivity index (χ1) is 42.4. The minimum Gasteiger partial charge on any atom is -0.256 e. The summed E-state index contributed by atoms with van der Waals surface area (Å²) in [6.07, 6.45) is 11.1. The summed E-state index contributed by atoms with van der Waals surface area (Å²) in [5.74, 6) is 0.798. The maximum atomic E-state index is 5.08. The van der Waals surface area contributed by atoms with E-state index in [2.05, 4.69) is 307 Å². The number of pyridine rings is 3. The van der Waals surface area contributed by atoms with Crippen molar-refractivity contribution in [3.8, 4) is 89.4 Å². The molecule has 3 aromatic heterocycles. The highest BCUT2D eigenvalue weighted by molar-refractivity contribution is 5.78. The van der Waals surface area contributed by atoms with Gasteiger partial charge in [0.05, 0.1) is 17.1 Å². The number of benzene rings is 8. The van der Waals surface area contributed by atoms with Gasteiger partial charge in [-0.3, -0.25) is 15.0 Å². The van der Waals surface area contributed by atoms with Crippen LogP contribution < -0.4 is 0 Å². The lowest BCUT2D eigenvalue weighted by atomic mass is 9.65. The summed E-state index contributed by atoms with van der Waals surface area (Å²) in [5.41, 5.74) is 29.7. The number of hydrogen-bond donors (Lipinski definition) is 0. The zero-order chi connectivity index (χ0) is 61.3. The Bertz CT molecular complexity index is 4030. The Kier molecular flexibility index (Phi) is 16.8. The number of nitrogens with zero attached hydrogens (tertiary/aromatic N) is 3. The average molecular weight is 1150 g/mol. The van der Waals surface area contributed by atoms with Crippen LogP contribution in [0.1, 0.15) is 158 Å². The molecule has 440 valence electrons. The first kappa shape index (κ1) is 59.5. The molecule has 2 atom stereocenters. The number of rotatable bonds is 13. The summed E-state index contributed by atoms with van der Waals surface area (Å²) in [6.45, 7) is 25.3. The molecule has 1 aliphatic rings. The van der Waals surface area contributed by atoms with Crippen LogP contribution in [0.2, 0.25) is 0 Å². The van der Waals surface area contributed by atoms with Crippen LogP contribution in [0.15, 0.2) is 237 Å². The van der Waals surface area contributed by atoms with E-state index in [0.29, 0.717) is 0 Å². The van der Waals surface area contributed by atoms with Gasteiger partial charge in [0.25, 0.3) is 0 Å². The quantitative estimate of drug-likeness (QED) is 0.115. The van der Waals surface area contributed by atoms with Gasteiger partial charge in [0.2, 0.25) is 0 Å². The van der Waals surface area contributed by atoms with E-state index in [0.717, 1.165) is 65.9 Å². The van der Waals surface area contributed by atoms with E-state index in [1.54, 1.807) is 0 Å². The maximum absolute atomic E-state index is 5.08. The van der Waals surface area contributed by atoms with Crippen molar-refractivity contribution in [1.29, 1.82) is 0 Å². The summed E-state index contributed by atoms with van der Waals surface area (Å²) in [7, 11) is 0. The third kappa shape index (κ3) is 12.7. The van der Waals surface area contributed by atoms with Crippen LogP contribution in [0, 0.1) is 0 Å². The van der Waals surface area contributed by atoms with Gasteiger partial charge in [-0.25, -0.2) is 0 Å². The lowest BCUT2D eigenvalue weighted by Gasteiger charge is -2.39. The van der Waals surface area contributed by atoms with Gasteiger partial charge >= 0.3 is 0 Å². The number of hydrogen-bond acceptors (Lipinski definition) is 3. The molecule has 11 aromatic rings. The Hall–Kier alpha value is -8.79. The monoisotopic (exact) mass is 1150 g/mol. The Balaban J connectivity index is 0.959. The van der Waals surface area contributed by atoms with Crippen molar-refractivity contribution in [2.24, 2.45) is 0 Å². The first-order valence-corrected chi connectivity index (χ1v) is 32.2. The highest BCUT2D eigenvalue weighted by atomic mass is 14.7. The molecular formula is C85H85N3. The van der Waals surface area contributed by atoms with Gasteiger partial charge in [0.15, 0.2) is 0 Å². The van der Waals surface area contributed by atoms with Crippen LogP contribution in [0.4, 0.5) is 0 Å². The lowest BCUT2D eigenvalue weighted by Crippen LogP contribution is -2.22. The zero-order valence-electron chi connectivity index (χ0n) is 53.6. The normalized spacial score (nSPS) is 15.5. The predicted molar refractivity (Wildman–Crippen MR) is 373 cm³/mol. The summed E-state index contributed by atoms with van der Waals surface area (Å²) in [5, 5.41) is 0. The molecule has 0 spiro atoms. The summed E-state index contributed by atoms with van der Waals surface area (Å²) in [4.78, 5) is 15.0. The van der Waals surface area contributed by atoms with E-state index in [9.17, 15) is 0 Å². The summed E-state index contributed by atoms with van der Waals surface area (Å²) in [6, 6.07) is 82.3. The summed E-state index contributed by atoms with van der Waals surface area (Å²) >= 11 is 0. The van der Waals surface area contributed by atoms with Crippen molar-refractivity contribution in [3.63, 3.8) is 0 Å². The fraction of sp³-hybridized carbons (Fsp3) is 0.259. The SMILES string of the molecule is CCc1cc(-c2ccc(-c3cc(C(C)(C)C)ccc3C3CC(c4ccccc4-c4ccc(-c5cc(C(C)(C)C)ccn5)cc4)CC(c4ccc(C(C)(C)C)cc4-c4ccc(-c5cc(CC)c(-c6ccccc6)cn5)cc4)C3)cc2)ncc1-c1ccccc1. The van der Waals surface area contributed by atoms with E-state index >= 15 is 0 Å². The molecule has 3 heterocycles. The van der Waals surface area contributed by atoms with Gasteiger partial charge < -0.3 is 0 Å². The minimum atomic E-state index is -0.0367. The number of aryl methyl sites for hydroxylation is 2. The van der Waals surface area contributed by atoms with Crippen molar-refractivity contribution in [1.82, 2.24) is 15.0 Å². The lowest BCUT2D eigenvalue weighted by molar-refractivity contribution is 0.352. The zero-order valence-corrected chi connectivity index (χ0v) is 53.6. The van der Waals surface area contributed by atoms with Gasteiger partial charge in [-0.15, -0.1) is 0 Å². The van der Waals surface area contributed by atoms with Crippen molar-refractivity contribution in [2.45, 2.75) is 142 Å². The van der Waals surface area contributed by atoms with Crippen molar-refractivity contribution in [2.75, 3.05) is 0 Å². The number of aromatic nitrogens is 3. The Morgan fingerprint density at radius 3 is 1.02 bits per heavy atom. The van der Waals surface area contributed by atoms with Crippen LogP contribution in [0.25, 0.3) is 89.4 Å². The standard InChI is InChI=1S/C85H85N3/c1-12-56-49-80(87-54-78(56)58-22-16-14-17-23-58)63-36-30-61(31-37-63)76-51-69(83(3,4)5)40-42-74(76)67-46-66(73-27-21-20-26-72(73)60-28-34-65(35-29-60)82-53-71(44-45-86-82)85(9,10)11)47-68(48-67)75-43-41-70(84(6,7)8)52-77(75)62-32-38-64(39-33-62)81-50-57(13-2)79(55-88-81)59-24-18-15-19-25-59/h14-45,49-55,66-68H,12-13,46-48H2,1-11H3. The molecule has 3 nitrogen and oxygen atoms in total.